The van der Waals surface area contributed by atoms with Crippen LogP contribution in [0.1, 0.15) is 51.9 Å². The van der Waals surface area contributed by atoms with Crippen LogP contribution in [0.15, 0.2) is 0 Å². The summed E-state index contributed by atoms with van der Waals surface area (Å²) in [7, 11) is 0. The first-order valence-electron chi connectivity index (χ1n) is 6.35. The zero-order chi connectivity index (χ0) is 14.2. The third-order valence-corrected chi connectivity index (χ3v) is 2.59. The maximum absolute atomic E-state index is 10.8. The van der Waals surface area contributed by atoms with Gasteiger partial charge in [-0.3, -0.25) is 9.59 Å². The average molecular weight is 294 g/mol. The van der Waals surface area contributed by atoms with E-state index in [1.165, 1.54) is 0 Å². The van der Waals surface area contributed by atoms with Gasteiger partial charge in [0.2, 0.25) is 11.8 Å². The Morgan fingerprint density at radius 2 is 1.72 bits per heavy atom. The number of carbonyl (C=O) groups excluding carboxylic acids is 2. The van der Waals surface area contributed by atoms with Gasteiger partial charge in [-0.2, -0.15) is 25.3 Å². The average Bonchev–Trinajstić information content (AvgIpc) is 2.33. The molecule has 0 saturated carbocycles. The minimum absolute atomic E-state index is 0.0964. The van der Waals surface area contributed by atoms with Crippen molar-refractivity contribution in [2.24, 2.45) is 5.73 Å². The monoisotopic (exact) mass is 294 g/mol. The number of carbonyl (C=O) groups is 2. The smallest absolute Gasteiger partial charge is 0.220 e. The molecule has 0 aromatic rings. The summed E-state index contributed by atoms with van der Waals surface area (Å²) in [5.74, 6) is 1.25. The van der Waals surface area contributed by atoms with Crippen LogP contribution < -0.4 is 11.1 Å². The number of unbranched alkanes of at least 4 members (excludes halogenated alkanes) is 3. The van der Waals surface area contributed by atoms with E-state index in [4.69, 9.17) is 5.73 Å². The molecule has 4 nitrogen and oxygen atoms in total. The molecule has 0 saturated heterocycles. The predicted octanol–water partition coefficient (Wildman–Crippen LogP) is 2.14. The minimum atomic E-state index is -0.193. The molecule has 0 unspecified atom stereocenters. The molecule has 0 heterocycles. The fourth-order valence-electron chi connectivity index (χ4n) is 1.10. The molecule has 0 fully saturated rings. The Hall–Kier alpha value is -0.360. The fraction of sp³-hybridized carbons (Fsp3) is 0.833. The van der Waals surface area contributed by atoms with Gasteiger partial charge in [0.15, 0.2) is 0 Å². The van der Waals surface area contributed by atoms with E-state index in [2.05, 4.69) is 30.6 Å². The van der Waals surface area contributed by atoms with Crippen molar-refractivity contribution in [2.45, 2.75) is 51.9 Å². The van der Waals surface area contributed by atoms with E-state index < -0.39 is 0 Å². The SMILES string of the molecule is CCCCC(N)=O.O=C(CCCCCS)NCS. The molecular formula is C12H26N2O2S2. The Morgan fingerprint density at radius 3 is 2.11 bits per heavy atom. The highest BCUT2D eigenvalue weighted by molar-refractivity contribution is 7.80. The van der Waals surface area contributed by atoms with Crippen LogP contribution in [0, 0.1) is 0 Å². The number of nitrogens with one attached hydrogen (secondary N) is 1. The Morgan fingerprint density at radius 1 is 1.06 bits per heavy atom. The van der Waals surface area contributed by atoms with E-state index >= 15 is 0 Å². The standard InChI is InChI=1S/C7H15NOS2.C5H11NO/c9-7(8-6-11)4-2-1-3-5-10;1-2-3-4-5(6)7/h10-11H,1-6H2,(H,8,9);2-4H2,1H3,(H2,6,7). The molecule has 18 heavy (non-hydrogen) atoms. The molecule has 0 rings (SSSR count). The predicted molar refractivity (Wildman–Crippen MR) is 83.0 cm³/mol. The summed E-state index contributed by atoms with van der Waals surface area (Å²) in [6, 6.07) is 0. The third-order valence-electron chi connectivity index (χ3n) is 2.11. The number of thiol groups is 2. The molecule has 0 radical (unpaired) electrons. The highest BCUT2D eigenvalue weighted by Crippen LogP contribution is 2.00. The van der Waals surface area contributed by atoms with Crippen LogP contribution in [-0.2, 0) is 9.59 Å². The van der Waals surface area contributed by atoms with Gasteiger partial charge in [0.1, 0.15) is 0 Å². The first kappa shape index (κ1) is 20.0. The van der Waals surface area contributed by atoms with Crippen LogP contribution in [0.3, 0.4) is 0 Å². The third kappa shape index (κ3) is 21.0. The Kier molecular flexibility index (Phi) is 18.5. The highest BCUT2D eigenvalue weighted by atomic mass is 32.1. The molecule has 0 aromatic carbocycles. The first-order valence-corrected chi connectivity index (χ1v) is 7.61. The normalized spacial score (nSPS) is 9.28. The summed E-state index contributed by atoms with van der Waals surface area (Å²) in [4.78, 5) is 20.8. The molecular weight excluding hydrogens is 268 g/mol. The molecule has 3 N–H and O–H groups in total. The summed E-state index contributed by atoms with van der Waals surface area (Å²) in [5, 5.41) is 2.63. The summed E-state index contributed by atoms with van der Waals surface area (Å²) in [6.07, 6.45) is 6.27. The van der Waals surface area contributed by atoms with E-state index in [1.807, 2.05) is 6.92 Å². The van der Waals surface area contributed by atoms with Gasteiger partial charge in [0, 0.05) is 12.8 Å². The maximum atomic E-state index is 10.8. The van der Waals surface area contributed by atoms with Gasteiger partial charge in [0.05, 0.1) is 5.88 Å². The lowest BCUT2D eigenvalue weighted by molar-refractivity contribution is -0.121. The number of rotatable bonds is 9. The lowest BCUT2D eigenvalue weighted by atomic mass is 10.2. The molecule has 0 aromatic heterocycles. The van der Waals surface area contributed by atoms with Crippen molar-refractivity contribution in [2.75, 3.05) is 11.6 Å². The van der Waals surface area contributed by atoms with Crippen LogP contribution in [-0.4, -0.2) is 23.4 Å². The lowest BCUT2D eigenvalue weighted by Crippen LogP contribution is -2.20. The molecule has 6 heteroatoms. The molecule has 0 atom stereocenters. The molecule has 0 aliphatic rings. The van der Waals surface area contributed by atoms with Gasteiger partial charge >= 0.3 is 0 Å². The number of hydrogen-bond donors (Lipinski definition) is 4. The molecule has 0 aliphatic carbocycles. The number of primary amides is 1. The largest absolute Gasteiger partial charge is 0.370 e. The Bertz CT molecular complexity index is 214. The first-order chi connectivity index (χ1) is 8.58. The van der Waals surface area contributed by atoms with E-state index in [0.29, 0.717) is 18.7 Å². The number of hydrogen-bond acceptors (Lipinski definition) is 4. The molecule has 0 aliphatic heterocycles. The molecule has 108 valence electrons. The van der Waals surface area contributed by atoms with Gasteiger partial charge < -0.3 is 11.1 Å². The number of amides is 2. The lowest BCUT2D eigenvalue weighted by Gasteiger charge is -1.99. The van der Waals surface area contributed by atoms with Crippen molar-refractivity contribution in [3.63, 3.8) is 0 Å². The number of nitrogens with two attached hydrogens (primary N) is 1. The van der Waals surface area contributed by atoms with E-state index in [0.717, 1.165) is 37.9 Å². The van der Waals surface area contributed by atoms with Crippen molar-refractivity contribution < 1.29 is 9.59 Å². The van der Waals surface area contributed by atoms with Gasteiger partial charge in [-0.05, 0) is 25.0 Å². The van der Waals surface area contributed by atoms with E-state index in [1.54, 1.807) is 0 Å². The zero-order valence-corrected chi connectivity index (χ0v) is 12.9. The maximum Gasteiger partial charge on any atom is 0.220 e. The van der Waals surface area contributed by atoms with Gasteiger partial charge in [-0.1, -0.05) is 19.8 Å². The minimum Gasteiger partial charge on any atom is -0.370 e. The van der Waals surface area contributed by atoms with Crippen molar-refractivity contribution in [1.29, 1.82) is 0 Å². The fourth-order valence-corrected chi connectivity index (χ4v) is 1.50. The van der Waals surface area contributed by atoms with Crippen molar-refractivity contribution in [1.82, 2.24) is 5.32 Å². The van der Waals surface area contributed by atoms with Crippen molar-refractivity contribution in [3.8, 4) is 0 Å². The Balaban J connectivity index is 0. The molecule has 0 bridgehead atoms. The van der Waals surface area contributed by atoms with E-state index in [-0.39, 0.29) is 11.8 Å². The second-order valence-electron chi connectivity index (χ2n) is 3.86. The molecule has 0 spiro atoms. The summed E-state index contributed by atoms with van der Waals surface area (Å²) in [5.41, 5.74) is 4.84. The highest BCUT2D eigenvalue weighted by Gasteiger charge is 1.97. The van der Waals surface area contributed by atoms with Crippen LogP contribution in [0.4, 0.5) is 0 Å². The van der Waals surface area contributed by atoms with Crippen LogP contribution in [0.2, 0.25) is 0 Å². The van der Waals surface area contributed by atoms with Crippen molar-refractivity contribution in [3.05, 3.63) is 0 Å². The topological polar surface area (TPSA) is 72.2 Å². The van der Waals surface area contributed by atoms with Gasteiger partial charge in [0.25, 0.3) is 0 Å². The summed E-state index contributed by atoms with van der Waals surface area (Å²) >= 11 is 7.95. The summed E-state index contributed by atoms with van der Waals surface area (Å²) < 4.78 is 0. The second kappa shape index (κ2) is 16.6. The van der Waals surface area contributed by atoms with Gasteiger partial charge in [-0.25, -0.2) is 0 Å². The van der Waals surface area contributed by atoms with Gasteiger partial charge in [-0.15, -0.1) is 0 Å². The second-order valence-corrected chi connectivity index (χ2v) is 4.63. The van der Waals surface area contributed by atoms with E-state index in [9.17, 15) is 9.59 Å². The quantitative estimate of drug-likeness (QED) is 0.299. The van der Waals surface area contributed by atoms with Crippen LogP contribution in [0.5, 0.6) is 0 Å². The summed E-state index contributed by atoms with van der Waals surface area (Å²) in [6.45, 7) is 2.03. The van der Waals surface area contributed by atoms with Crippen molar-refractivity contribution >= 4 is 37.1 Å². The zero-order valence-electron chi connectivity index (χ0n) is 11.2. The van der Waals surface area contributed by atoms with Crippen LogP contribution >= 0.6 is 25.3 Å². The van der Waals surface area contributed by atoms with Crippen LogP contribution in [0.25, 0.3) is 0 Å². The Labute approximate surface area is 121 Å². The molecule has 2 amide bonds.